The molecule has 0 atom stereocenters. The van der Waals surface area contributed by atoms with E-state index in [0.29, 0.717) is 30.0 Å². The van der Waals surface area contributed by atoms with Crippen molar-refractivity contribution < 1.29 is 14.5 Å². The number of nitrogens with zero attached hydrogens (tertiary/aromatic N) is 4. The number of non-ortho nitro benzene ring substituents is 1. The van der Waals surface area contributed by atoms with Crippen molar-refractivity contribution in [2.75, 3.05) is 37.4 Å². The Morgan fingerprint density at radius 3 is 2.35 bits per heavy atom. The zero-order valence-corrected chi connectivity index (χ0v) is 21.8. The Morgan fingerprint density at radius 2 is 1.76 bits per heavy atom. The van der Waals surface area contributed by atoms with E-state index in [0.717, 1.165) is 18.4 Å². The van der Waals surface area contributed by atoms with Gasteiger partial charge in [0.2, 0.25) is 0 Å². The highest BCUT2D eigenvalue weighted by molar-refractivity contribution is 6.41. The van der Waals surface area contributed by atoms with E-state index in [1.165, 1.54) is 24.4 Å². The molecule has 4 rings (SSSR count). The first-order valence-corrected chi connectivity index (χ1v) is 12.4. The van der Waals surface area contributed by atoms with Crippen molar-refractivity contribution in [1.29, 1.82) is 0 Å². The maximum Gasteiger partial charge on any atom is 0.270 e. The van der Waals surface area contributed by atoms with E-state index in [-0.39, 0.29) is 33.3 Å². The summed E-state index contributed by atoms with van der Waals surface area (Å²) in [6, 6.07) is 13.3. The zero-order chi connectivity index (χ0) is 26.7. The van der Waals surface area contributed by atoms with Gasteiger partial charge in [-0.15, -0.1) is 0 Å². The van der Waals surface area contributed by atoms with Crippen LogP contribution in [0.3, 0.4) is 0 Å². The highest BCUT2D eigenvalue weighted by Crippen LogP contribution is 2.31. The predicted molar refractivity (Wildman–Crippen MR) is 144 cm³/mol. The molecule has 1 aliphatic heterocycles. The Kier molecular flexibility index (Phi) is 7.94. The number of benzene rings is 2. The van der Waals surface area contributed by atoms with Gasteiger partial charge < -0.3 is 15.1 Å². The molecule has 11 heteroatoms. The number of pyridine rings is 1. The van der Waals surface area contributed by atoms with Crippen LogP contribution in [-0.4, -0.2) is 53.8 Å². The van der Waals surface area contributed by atoms with Gasteiger partial charge in [-0.25, -0.2) is 4.98 Å². The number of hydrogen-bond donors (Lipinski definition) is 1. The molecule has 192 valence electrons. The number of aromatic nitrogens is 1. The van der Waals surface area contributed by atoms with Gasteiger partial charge in [-0.2, -0.15) is 0 Å². The van der Waals surface area contributed by atoms with E-state index in [4.69, 9.17) is 23.2 Å². The summed E-state index contributed by atoms with van der Waals surface area (Å²) in [5.74, 6) is -0.276. The monoisotopic (exact) mass is 541 g/mol. The molecule has 1 saturated heterocycles. The van der Waals surface area contributed by atoms with Crippen molar-refractivity contribution in [3.8, 4) is 0 Å². The molecule has 3 aromatic rings. The van der Waals surface area contributed by atoms with Crippen LogP contribution in [0.1, 0.15) is 45.0 Å². The summed E-state index contributed by atoms with van der Waals surface area (Å²) in [5, 5.41) is 14.4. The Balaban J connectivity index is 1.39. The van der Waals surface area contributed by atoms with Gasteiger partial charge in [0.25, 0.3) is 17.5 Å². The second-order valence-electron chi connectivity index (χ2n) is 8.99. The number of hydrogen-bond acceptors (Lipinski definition) is 6. The van der Waals surface area contributed by atoms with E-state index >= 15 is 0 Å². The number of nitro benzene ring substituents is 1. The van der Waals surface area contributed by atoms with Gasteiger partial charge in [-0.05, 0) is 48.6 Å². The maximum atomic E-state index is 12.9. The van der Waals surface area contributed by atoms with Gasteiger partial charge >= 0.3 is 0 Å². The van der Waals surface area contributed by atoms with Gasteiger partial charge in [0, 0.05) is 56.9 Å². The van der Waals surface area contributed by atoms with Crippen LogP contribution in [0.5, 0.6) is 0 Å². The molecule has 1 aliphatic rings. The van der Waals surface area contributed by atoms with Crippen LogP contribution in [0.4, 0.5) is 17.1 Å². The largest absolute Gasteiger partial charge is 0.377 e. The molecule has 37 heavy (non-hydrogen) atoms. The second kappa shape index (κ2) is 11.1. The highest BCUT2D eigenvalue weighted by Gasteiger charge is 2.25. The molecule has 1 N–H and O–H groups in total. The van der Waals surface area contributed by atoms with E-state index < -0.39 is 10.8 Å². The number of nitro groups is 1. The van der Waals surface area contributed by atoms with Crippen LogP contribution < -0.4 is 10.2 Å². The molecule has 2 aromatic carbocycles. The molecule has 1 aromatic heterocycles. The molecule has 0 radical (unpaired) electrons. The Morgan fingerprint density at radius 1 is 1.08 bits per heavy atom. The van der Waals surface area contributed by atoms with Crippen LogP contribution in [0.2, 0.25) is 10.2 Å². The summed E-state index contributed by atoms with van der Waals surface area (Å²) >= 11 is 11.8. The molecule has 0 spiro atoms. The minimum atomic E-state index is -0.522. The summed E-state index contributed by atoms with van der Waals surface area (Å²) in [5.41, 5.74) is 2.77. The summed E-state index contributed by atoms with van der Waals surface area (Å²) in [4.78, 5) is 43.9. The molecule has 1 fully saturated rings. The Hall–Kier alpha value is -3.69. The summed E-state index contributed by atoms with van der Waals surface area (Å²) < 4.78 is 0. The quantitative estimate of drug-likeness (QED) is 0.246. The molecule has 2 heterocycles. The van der Waals surface area contributed by atoms with Gasteiger partial charge in [-0.1, -0.05) is 35.3 Å². The van der Waals surface area contributed by atoms with Crippen molar-refractivity contribution in [3.63, 3.8) is 0 Å². The van der Waals surface area contributed by atoms with Crippen LogP contribution >= 0.6 is 23.2 Å². The highest BCUT2D eigenvalue weighted by atomic mass is 35.5. The summed E-state index contributed by atoms with van der Waals surface area (Å²) in [6.07, 6.45) is 3.03. The van der Waals surface area contributed by atoms with Crippen molar-refractivity contribution in [1.82, 2.24) is 9.88 Å². The maximum absolute atomic E-state index is 12.9. The van der Waals surface area contributed by atoms with Crippen molar-refractivity contribution in [3.05, 3.63) is 91.7 Å². The predicted octanol–water partition coefficient (Wildman–Crippen LogP) is 5.63. The lowest BCUT2D eigenvalue weighted by Gasteiger charge is -2.32. The zero-order valence-electron chi connectivity index (χ0n) is 20.3. The van der Waals surface area contributed by atoms with Crippen molar-refractivity contribution in [2.45, 2.75) is 18.8 Å². The van der Waals surface area contributed by atoms with Crippen molar-refractivity contribution in [2.24, 2.45) is 0 Å². The average Bonchev–Trinajstić information content (AvgIpc) is 2.90. The number of nitrogens with one attached hydrogen (secondary N) is 1. The first kappa shape index (κ1) is 26.4. The van der Waals surface area contributed by atoms with Crippen LogP contribution in [0, 0.1) is 10.1 Å². The van der Waals surface area contributed by atoms with Gasteiger partial charge in [0.15, 0.2) is 0 Å². The molecule has 0 aliphatic carbocycles. The topological polar surface area (TPSA) is 109 Å². The molecular weight excluding hydrogens is 517 g/mol. The fourth-order valence-corrected chi connectivity index (χ4v) is 4.65. The average molecular weight is 542 g/mol. The molecule has 9 nitrogen and oxygen atoms in total. The lowest BCUT2D eigenvalue weighted by Crippen LogP contribution is -2.38. The van der Waals surface area contributed by atoms with Gasteiger partial charge in [0.1, 0.15) is 5.15 Å². The van der Waals surface area contributed by atoms with Gasteiger partial charge in [0.05, 0.1) is 21.1 Å². The van der Waals surface area contributed by atoms with E-state index in [9.17, 15) is 19.7 Å². The first-order valence-electron chi connectivity index (χ1n) is 11.6. The fourth-order valence-electron chi connectivity index (χ4n) is 4.38. The normalized spacial score (nSPS) is 13.8. The minimum Gasteiger partial charge on any atom is -0.377 e. The number of rotatable bonds is 6. The third-order valence-electron chi connectivity index (χ3n) is 6.38. The SMILES string of the molecule is CN(C)c1ccc([N+](=O)[O-])cc1C(=O)Nc1ccc(C2CCN(C(=O)c3cnc(Cl)c(Cl)c3)CC2)cc1. The van der Waals surface area contributed by atoms with Crippen molar-refractivity contribution >= 4 is 52.1 Å². The van der Waals surface area contributed by atoms with Gasteiger partial charge in [-0.3, -0.25) is 19.7 Å². The van der Waals surface area contributed by atoms with Crippen LogP contribution in [-0.2, 0) is 0 Å². The first-order chi connectivity index (χ1) is 17.6. The summed E-state index contributed by atoms with van der Waals surface area (Å²) in [7, 11) is 3.54. The van der Waals surface area contributed by atoms with E-state index in [1.54, 1.807) is 30.0 Å². The lowest BCUT2D eigenvalue weighted by atomic mass is 9.89. The van der Waals surface area contributed by atoms with Crippen LogP contribution in [0.25, 0.3) is 0 Å². The number of piperidine rings is 1. The third kappa shape index (κ3) is 6.00. The van der Waals surface area contributed by atoms with E-state index in [1.807, 2.05) is 24.3 Å². The fraction of sp³-hybridized carbons (Fsp3) is 0.269. The number of likely N-dealkylation sites (tertiary alicyclic amines) is 1. The second-order valence-corrected chi connectivity index (χ2v) is 9.76. The molecule has 0 unspecified atom stereocenters. The Bertz CT molecular complexity index is 1340. The Labute approximate surface area is 224 Å². The number of carbonyl (C=O) groups excluding carboxylic acids is 2. The number of carbonyl (C=O) groups is 2. The molecule has 0 bridgehead atoms. The number of amides is 2. The smallest absolute Gasteiger partial charge is 0.270 e. The summed E-state index contributed by atoms with van der Waals surface area (Å²) in [6.45, 7) is 1.20. The molecule has 0 saturated carbocycles. The van der Waals surface area contributed by atoms with Crippen LogP contribution in [0.15, 0.2) is 54.7 Å². The minimum absolute atomic E-state index is 0.124. The van der Waals surface area contributed by atoms with E-state index in [2.05, 4.69) is 10.3 Å². The standard InChI is InChI=1S/C26H25Cl2N5O4/c1-31(2)23-8-7-20(33(36)37)14-21(23)25(34)30-19-5-3-16(4-6-19)17-9-11-32(12-10-17)26(35)18-13-22(27)24(28)29-15-18/h3-8,13-15,17H,9-12H2,1-2H3,(H,30,34). The number of halogens is 2. The third-order valence-corrected chi connectivity index (χ3v) is 7.07. The molecule has 2 amide bonds. The molecular formula is C26H25Cl2N5O4. The lowest BCUT2D eigenvalue weighted by molar-refractivity contribution is -0.384. The number of anilines is 2.